The van der Waals surface area contributed by atoms with E-state index in [1.54, 1.807) is 6.07 Å². The minimum absolute atomic E-state index is 0.0375. The van der Waals surface area contributed by atoms with Crippen molar-refractivity contribution in [2.24, 2.45) is 11.0 Å². The quantitative estimate of drug-likeness (QED) is 0.415. The third kappa shape index (κ3) is 3.16. The van der Waals surface area contributed by atoms with Crippen molar-refractivity contribution in [2.75, 3.05) is 6.79 Å². The van der Waals surface area contributed by atoms with Gasteiger partial charge in [-0.2, -0.15) is 5.10 Å². The minimum atomic E-state index is -0.0849. The summed E-state index contributed by atoms with van der Waals surface area (Å²) >= 11 is 6.26. The third-order valence-corrected chi connectivity index (χ3v) is 5.33. The van der Waals surface area contributed by atoms with E-state index in [9.17, 15) is 4.79 Å². The SMILES string of the molecule is O=C(N/N=C/c1cc2cc3c(cc2nc1Cl)OCO3)[C@@H]1C[C@H]1c1ccccc1. The van der Waals surface area contributed by atoms with Crippen LogP contribution in [0.2, 0.25) is 5.15 Å². The van der Waals surface area contributed by atoms with Crippen molar-refractivity contribution in [1.82, 2.24) is 10.4 Å². The highest BCUT2D eigenvalue weighted by Gasteiger charge is 2.43. The number of rotatable bonds is 4. The molecule has 1 aliphatic carbocycles. The van der Waals surface area contributed by atoms with E-state index in [0.29, 0.717) is 27.7 Å². The van der Waals surface area contributed by atoms with E-state index in [0.717, 1.165) is 11.8 Å². The number of hydrogen-bond acceptors (Lipinski definition) is 5. The molecule has 0 bridgehead atoms. The number of hydrogen-bond donors (Lipinski definition) is 1. The molecule has 2 aliphatic rings. The van der Waals surface area contributed by atoms with E-state index < -0.39 is 0 Å². The van der Waals surface area contributed by atoms with Crippen molar-refractivity contribution in [3.05, 3.63) is 64.8 Å². The Hall–Kier alpha value is -3.12. The molecule has 0 radical (unpaired) electrons. The van der Waals surface area contributed by atoms with Crippen LogP contribution in [0.15, 0.2) is 53.6 Å². The zero-order valence-corrected chi connectivity index (χ0v) is 15.5. The first-order chi connectivity index (χ1) is 13.7. The van der Waals surface area contributed by atoms with Gasteiger partial charge in [-0.25, -0.2) is 10.4 Å². The van der Waals surface area contributed by atoms with E-state index in [-0.39, 0.29) is 24.5 Å². The van der Waals surface area contributed by atoms with Gasteiger partial charge in [0.2, 0.25) is 12.7 Å². The Morgan fingerprint density at radius 1 is 1.18 bits per heavy atom. The van der Waals surface area contributed by atoms with Crippen LogP contribution in [0.5, 0.6) is 11.5 Å². The van der Waals surface area contributed by atoms with E-state index in [2.05, 4.69) is 15.5 Å². The van der Waals surface area contributed by atoms with Crippen LogP contribution in [0.4, 0.5) is 0 Å². The molecule has 6 nitrogen and oxygen atoms in total. The van der Waals surface area contributed by atoms with Gasteiger partial charge < -0.3 is 9.47 Å². The van der Waals surface area contributed by atoms with Gasteiger partial charge in [0.25, 0.3) is 0 Å². The Morgan fingerprint density at radius 2 is 1.96 bits per heavy atom. The Bertz CT molecular complexity index is 1100. The van der Waals surface area contributed by atoms with Crippen molar-refractivity contribution in [3.63, 3.8) is 0 Å². The molecule has 7 heteroatoms. The van der Waals surface area contributed by atoms with Gasteiger partial charge in [-0.1, -0.05) is 41.9 Å². The maximum absolute atomic E-state index is 12.3. The Balaban J connectivity index is 1.29. The predicted octanol–water partition coefficient (Wildman–Crippen LogP) is 3.87. The maximum Gasteiger partial charge on any atom is 0.243 e. The second-order valence-corrected chi connectivity index (χ2v) is 7.22. The van der Waals surface area contributed by atoms with Crippen molar-refractivity contribution < 1.29 is 14.3 Å². The average Bonchev–Trinajstić information content (AvgIpc) is 3.39. The van der Waals surface area contributed by atoms with E-state index in [4.69, 9.17) is 21.1 Å². The standard InChI is InChI=1S/C21H16ClN3O3/c22-20-14(6-13-7-18-19(28-11-27-18)9-17(13)24-20)10-23-25-21(26)16-8-15(16)12-4-2-1-3-5-12/h1-7,9-10,15-16H,8,11H2,(H,25,26)/b23-10+/t15-,16+/m0/s1. The number of halogens is 1. The number of amides is 1. The van der Waals surface area contributed by atoms with Crippen LogP contribution in [-0.2, 0) is 4.79 Å². The zero-order valence-electron chi connectivity index (χ0n) is 14.8. The topological polar surface area (TPSA) is 72.8 Å². The lowest BCUT2D eigenvalue weighted by Gasteiger charge is -2.04. The van der Waals surface area contributed by atoms with Gasteiger partial charge in [0.05, 0.1) is 11.7 Å². The molecule has 1 fully saturated rings. The smallest absolute Gasteiger partial charge is 0.243 e. The first kappa shape index (κ1) is 17.0. The number of carbonyl (C=O) groups excluding carboxylic acids is 1. The fraction of sp³-hybridized carbons (Fsp3) is 0.190. The molecule has 1 aromatic heterocycles. The molecule has 0 spiro atoms. The van der Waals surface area contributed by atoms with Crippen molar-refractivity contribution in [3.8, 4) is 11.5 Å². The summed E-state index contributed by atoms with van der Waals surface area (Å²) in [5.74, 6) is 1.48. The molecule has 0 saturated heterocycles. The molecule has 28 heavy (non-hydrogen) atoms. The molecule has 1 N–H and O–H groups in total. The number of nitrogens with zero attached hydrogens (tertiary/aromatic N) is 2. The number of hydrazone groups is 1. The molecule has 1 saturated carbocycles. The molecular formula is C21H16ClN3O3. The highest BCUT2D eigenvalue weighted by molar-refractivity contribution is 6.32. The lowest BCUT2D eigenvalue weighted by molar-refractivity contribution is -0.122. The summed E-state index contributed by atoms with van der Waals surface area (Å²) in [6, 6.07) is 15.5. The van der Waals surface area contributed by atoms with Gasteiger partial charge in [-0.3, -0.25) is 4.79 Å². The molecule has 3 aromatic rings. The van der Waals surface area contributed by atoms with Gasteiger partial charge in [0.1, 0.15) is 5.15 Å². The van der Waals surface area contributed by atoms with Crippen LogP contribution >= 0.6 is 11.6 Å². The number of aromatic nitrogens is 1. The molecule has 2 atom stereocenters. The summed E-state index contributed by atoms with van der Waals surface area (Å²) in [6.45, 7) is 0.199. The van der Waals surface area contributed by atoms with Crippen molar-refractivity contribution >= 4 is 34.6 Å². The Morgan fingerprint density at radius 3 is 2.79 bits per heavy atom. The van der Waals surface area contributed by atoms with Crippen molar-refractivity contribution in [1.29, 1.82) is 0 Å². The first-order valence-corrected chi connectivity index (χ1v) is 9.34. The number of carbonyl (C=O) groups is 1. The van der Waals surface area contributed by atoms with Crippen LogP contribution in [0, 0.1) is 5.92 Å². The van der Waals surface area contributed by atoms with Crippen LogP contribution in [0.3, 0.4) is 0 Å². The van der Waals surface area contributed by atoms with Crippen LogP contribution in [0.25, 0.3) is 10.9 Å². The van der Waals surface area contributed by atoms with Gasteiger partial charge in [-0.05, 0) is 30.0 Å². The fourth-order valence-corrected chi connectivity index (χ4v) is 3.64. The summed E-state index contributed by atoms with van der Waals surface area (Å²) in [4.78, 5) is 16.7. The lowest BCUT2D eigenvalue weighted by Crippen LogP contribution is -2.20. The highest BCUT2D eigenvalue weighted by atomic mass is 35.5. The number of fused-ring (bicyclic) bond motifs is 2. The summed E-state index contributed by atoms with van der Waals surface area (Å²) in [5, 5.41) is 5.22. The van der Waals surface area contributed by atoms with Gasteiger partial charge in [-0.15, -0.1) is 0 Å². The maximum atomic E-state index is 12.3. The van der Waals surface area contributed by atoms with Gasteiger partial charge in [0.15, 0.2) is 11.5 Å². The first-order valence-electron chi connectivity index (χ1n) is 8.97. The van der Waals surface area contributed by atoms with Crippen LogP contribution in [-0.4, -0.2) is 23.9 Å². The largest absolute Gasteiger partial charge is 0.454 e. The van der Waals surface area contributed by atoms with E-state index in [1.807, 2.05) is 42.5 Å². The third-order valence-electron chi connectivity index (χ3n) is 5.02. The molecule has 2 aromatic carbocycles. The van der Waals surface area contributed by atoms with Gasteiger partial charge in [0, 0.05) is 22.9 Å². The average molecular weight is 394 g/mol. The fourth-order valence-electron chi connectivity index (χ4n) is 3.45. The Labute approximate surface area is 166 Å². The number of pyridine rings is 1. The summed E-state index contributed by atoms with van der Waals surface area (Å²) in [7, 11) is 0. The molecular weight excluding hydrogens is 378 g/mol. The highest BCUT2D eigenvalue weighted by Crippen LogP contribution is 2.47. The minimum Gasteiger partial charge on any atom is -0.454 e. The summed E-state index contributed by atoms with van der Waals surface area (Å²) in [6.07, 6.45) is 2.36. The lowest BCUT2D eigenvalue weighted by atomic mass is 10.1. The number of benzene rings is 2. The molecule has 1 amide bonds. The second kappa shape index (κ2) is 6.80. The second-order valence-electron chi connectivity index (χ2n) is 6.86. The zero-order chi connectivity index (χ0) is 19.1. The van der Waals surface area contributed by atoms with E-state index in [1.165, 1.54) is 11.8 Å². The van der Waals surface area contributed by atoms with Crippen molar-refractivity contribution in [2.45, 2.75) is 12.3 Å². The molecule has 1 aliphatic heterocycles. The molecule has 140 valence electrons. The van der Waals surface area contributed by atoms with E-state index >= 15 is 0 Å². The van der Waals surface area contributed by atoms with Crippen LogP contribution in [0.1, 0.15) is 23.5 Å². The summed E-state index contributed by atoms with van der Waals surface area (Å²) in [5.41, 5.74) is 5.12. The molecule has 2 heterocycles. The summed E-state index contributed by atoms with van der Waals surface area (Å²) < 4.78 is 10.8. The normalized spacial score (nSPS) is 19.9. The van der Waals surface area contributed by atoms with Gasteiger partial charge >= 0.3 is 0 Å². The van der Waals surface area contributed by atoms with Crippen LogP contribution < -0.4 is 14.9 Å². The Kier molecular flexibility index (Phi) is 4.13. The number of ether oxygens (including phenoxy) is 2. The molecule has 0 unspecified atom stereocenters. The predicted molar refractivity (Wildman–Crippen MR) is 106 cm³/mol. The monoisotopic (exact) mass is 393 g/mol. The molecule has 5 rings (SSSR count). The number of nitrogens with one attached hydrogen (secondary N) is 1.